The maximum atomic E-state index is 4.61. The molecule has 1 aromatic heterocycles. The summed E-state index contributed by atoms with van der Waals surface area (Å²) in [7, 11) is 1.97. The van der Waals surface area contributed by atoms with Crippen LogP contribution < -0.4 is 5.32 Å². The number of aromatic nitrogens is 1. The van der Waals surface area contributed by atoms with Crippen LogP contribution in [0.25, 0.3) is 10.4 Å². The fourth-order valence-electron chi connectivity index (χ4n) is 1.71. The molecule has 0 fully saturated rings. The normalized spacial score (nSPS) is 10.8. The lowest BCUT2D eigenvalue weighted by molar-refractivity contribution is 0.779. The molecule has 0 aliphatic rings. The third kappa shape index (κ3) is 3.15. The summed E-state index contributed by atoms with van der Waals surface area (Å²) in [6, 6.07) is 8.43. The van der Waals surface area contributed by atoms with Crippen molar-refractivity contribution < 1.29 is 0 Å². The minimum Gasteiger partial charge on any atom is -0.319 e. The van der Waals surface area contributed by atoms with E-state index in [0.29, 0.717) is 0 Å². The second-order valence-corrected chi connectivity index (χ2v) is 5.99. The number of halogens is 1. The molecule has 0 amide bonds. The van der Waals surface area contributed by atoms with E-state index in [1.807, 2.05) is 7.05 Å². The van der Waals surface area contributed by atoms with E-state index in [0.717, 1.165) is 22.4 Å². The molecule has 17 heavy (non-hydrogen) atoms. The van der Waals surface area contributed by atoms with Crippen molar-refractivity contribution in [3.8, 4) is 10.4 Å². The summed E-state index contributed by atoms with van der Waals surface area (Å²) in [4.78, 5) is 5.91. The lowest BCUT2D eigenvalue weighted by Crippen LogP contribution is -2.10. The molecule has 0 atom stereocenters. The molecule has 1 aromatic carbocycles. The van der Waals surface area contributed by atoms with Gasteiger partial charge in [0.05, 0.1) is 15.6 Å². The zero-order valence-electron chi connectivity index (χ0n) is 9.96. The Morgan fingerprint density at radius 3 is 2.65 bits per heavy atom. The Morgan fingerprint density at radius 2 is 2.00 bits per heavy atom. The average Bonchev–Trinajstić information content (AvgIpc) is 2.69. The molecular formula is C13H15BrN2S. The molecule has 2 nitrogen and oxygen atoms in total. The minimum absolute atomic E-state index is 0.965. The number of benzene rings is 1. The molecule has 1 N–H and O–H groups in total. The predicted molar refractivity (Wildman–Crippen MR) is 77.6 cm³/mol. The highest BCUT2D eigenvalue weighted by Crippen LogP contribution is 2.31. The number of hydrogen-bond donors (Lipinski definition) is 1. The van der Waals surface area contributed by atoms with Crippen LogP contribution in [0.2, 0.25) is 0 Å². The number of aryl methyl sites for hydroxylation is 1. The van der Waals surface area contributed by atoms with E-state index in [4.69, 9.17) is 0 Å². The molecule has 0 saturated heterocycles. The van der Waals surface area contributed by atoms with Crippen molar-refractivity contribution in [1.82, 2.24) is 10.3 Å². The Kier molecular flexibility index (Phi) is 4.31. The number of thiazole rings is 1. The molecule has 90 valence electrons. The molecule has 2 rings (SSSR count). The number of nitrogens with zero attached hydrogens (tertiary/aromatic N) is 1. The molecule has 4 heteroatoms. The van der Waals surface area contributed by atoms with Gasteiger partial charge >= 0.3 is 0 Å². The average molecular weight is 311 g/mol. The Bertz CT molecular complexity index is 491. The van der Waals surface area contributed by atoms with Gasteiger partial charge in [-0.1, -0.05) is 28.1 Å². The van der Waals surface area contributed by atoms with Crippen LogP contribution >= 0.6 is 27.3 Å². The molecule has 2 aromatic rings. The van der Waals surface area contributed by atoms with Crippen molar-refractivity contribution in [2.75, 3.05) is 13.6 Å². The van der Waals surface area contributed by atoms with E-state index in [-0.39, 0.29) is 0 Å². The second kappa shape index (κ2) is 5.76. The Balaban J connectivity index is 2.33. The van der Waals surface area contributed by atoms with Crippen molar-refractivity contribution >= 4 is 27.3 Å². The highest BCUT2D eigenvalue weighted by Gasteiger charge is 2.10. The first-order valence-electron chi connectivity index (χ1n) is 5.57. The van der Waals surface area contributed by atoms with Gasteiger partial charge in [0, 0.05) is 17.4 Å². The van der Waals surface area contributed by atoms with Crippen LogP contribution in [-0.4, -0.2) is 18.6 Å². The summed E-state index contributed by atoms with van der Waals surface area (Å²) in [5.74, 6) is 0. The second-order valence-electron chi connectivity index (χ2n) is 3.87. The van der Waals surface area contributed by atoms with Crippen LogP contribution in [-0.2, 0) is 6.42 Å². The zero-order chi connectivity index (χ0) is 12.3. The van der Waals surface area contributed by atoms with E-state index in [2.05, 4.69) is 57.4 Å². The lowest BCUT2D eigenvalue weighted by atomic mass is 10.1. The molecule has 0 unspecified atom stereocenters. The Hall–Kier alpha value is -0.710. The van der Waals surface area contributed by atoms with Gasteiger partial charge in [0.15, 0.2) is 0 Å². The maximum absolute atomic E-state index is 4.61. The van der Waals surface area contributed by atoms with Gasteiger partial charge in [0.25, 0.3) is 0 Å². The molecule has 0 bridgehead atoms. The van der Waals surface area contributed by atoms with Crippen LogP contribution in [0.15, 0.2) is 28.7 Å². The van der Waals surface area contributed by atoms with Gasteiger partial charge in [-0.3, -0.25) is 0 Å². The van der Waals surface area contributed by atoms with Gasteiger partial charge in [-0.05, 0) is 31.7 Å². The largest absolute Gasteiger partial charge is 0.319 e. The highest BCUT2D eigenvalue weighted by molar-refractivity contribution is 9.10. The molecule has 0 aliphatic heterocycles. The fourth-order valence-corrected chi connectivity index (χ4v) is 2.94. The first kappa shape index (κ1) is 12.7. The van der Waals surface area contributed by atoms with Crippen LogP contribution in [0, 0.1) is 6.92 Å². The monoisotopic (exact) mass is 310 g/mol. The number of nitrogens with one attached hydrogen (secondary N) is 1. The molecule has 0 radical (unpaired) electrons. The Morgan fingerprint density at radius 1 is 1.29 bits per heavy atom. The molecule has 0 aliphatic carbocycles. The van der Waals surface area contributed by atoms with E-state index >= 15 is 0 Å². The fraction of sp³-hybridized carbons (Fsp3) is 0.308. The third-order valence-corrected chi connectivity index (χ3v) is 4.11. The summed E-state index contributed by atoms with van der Waals surface area (Å²) in [5.41, 5.74) is 2.45. The van der Waals surface area contributed by atoms with Gasteiger partial charge in [0.1, 0.15) is 0 Å². The summed E-state index contributed by atoms with van der Waals surface area (Å²) >= 11 is 5.23. The summed E-state index contributed by atoms with van der Waals surface area (Å²) in [6.07, 6.45) is 0.978. The first-order chi connectivity index (χ1) is 8.20. The zero-order valence-corrected chi connectivity index (χ0v) is 12.4. The standard InChI is InChI=1S/C13H15BrN2S/c1-9-16-12(7-8-15-2)13(17-9)10-3-5-11(14)6-4-10/h3-6,15H,7-8H2,1-2H3. The number of rotatable bonds is 4. The van der Waals surface area contributed by atoms with Gasteiger partial charge in [-0.15, -0.1) is 11.3 Å². The molecule has 0 saturated carbocycles. The lowest BCUT2D eigenvalue weighted by Gasteiger charge is -2.02. The van der Waals surface area contributed by atoms with Crippen molar-refractivity contribution in [3.63, 3.8) is 0 Å². The van der Waals surface area contributed by atoms with E-state index in [1.54, 1.807) is 11.3 Å². The number of hydrogen-bond acceptors (Lipinski definition) is 3. The number of likely N-dealkylation sites (N-methyl/N-ethyl adjacent to an activating group) is 1. The van der Waals surface area contributed by atoms with Gasteiger partial charge in [-0.25, -0.2) is 4.98 Å². The van der Waals surface area contributed by atoms with Crippen molar-refractivity contribution in [3.05, 3.63) is 39.4 Å². The topological polar surface area (TPSA) is 24.9 Å². The Labute approximate surface area is 114 Å². The summed E-state index contributed by atoms with van der Waals surface area (Å²) in [6.45, 7) is 3.03. The maximum Gasteiger partial charge on any atom is 0.0903 e. The quantitative estimate of drug-likeness (QED) is 0.932. The molecule has 0 spiro atoms. The van der Waals surface area contributed by atoms with Crippen molar-refractivity contribution in [2.45, 2.75) is 13.3 Å². The van der Waals surface area contributed by atoms with E-state index < -0.39 is 0 Å². The third-order valence-electron chi connectivity index (χ3n) is 2.52. The van der Waals surface area contributed by atoms with Crippen LogP contribution in [0.4, 0.5) is 0 Å². The predicted octanol–water partition coefficient (Wildman–Crippen LogP) is 3.64. The van der Waals surface area contributed by atoms with Crippen LogP contribution in [0.1, 0.15) is 10.7 Å². The minimum atomic E-state index is 0.965. The van der Waals surface area contributed by atoms with Crippen molar-refractivity contribution in [2.24, 2.45) is 0 Å². The summed E-state index contributed by atoms with van der Waals surface area (Å²) < 4.78 is 1.11. The van der Waals surface area contributed by atoms with Gasteiger partial charge < -0.3 is 5.32 Å². The summed E-state index contributed by atoms with van der Waals surface area (Å²) in [5, 5.41) is 4.30. The van der Waals surface area contributed by atoms with E-state index in [9.17, 15) is 0 Å². The smallest absolute Gasteiger partial charge is 0.0903 e. The molecular weight excluding hydrogens is 296 g/mol. The molecule has 1 heterocycles. The van der Waals surface area contributed by atoms with Crippen LogP contribution in [0.3, 0.4) is 0 Å². The van der Waals surface area contributed by atoms with E-state index in [1.165, 1.54) is 16.1 Å². The van der Waals surface area contributed by atoms with Gasteiger partial charge in [0.2, 0.25) is 0 Å². The van der Waals surface area contributed by atoms with Gasteiger partial charge in [-0.2, -0.15) is 0 Å². The van der Waals surface area contributed by atoms with Crippen LogP contribution in [0.5, 0.6) is 0 Å². The van der Waals surface area contributed by atoms with Crippen molar-refractivity contribution in [1.29, 1.82) is 0 Å². The first-order valence-corrected chi connectivity index (χ1v) is 7.18. The highest BCUT2D eigenvalue weighted by atomic mass is 79.9. The SMILES string of the molecule is CNCCc1nc(C)sc1-c1ccc(Br)cc1.